The Hall–Kier alpha value is -4.79. The molecule has 0 saturated carbocycles. The van der Waals surface area contributed by atoms with Crippen LogP contribution in [0.4, 0.5) is 15.8 Å². The van der Waals surface area contributed by atoms with Gasteiger partial charge in [-0.3, -0.25) is 14.9 Å². The third-order valence-electron chi connectivity index (χ3n) is 7.66. The van der Waals surface area contributed by atoms with Gasteiger partial charge >= 0.3 is 5.97 Å². The number of carboxylic acid groups (broad SMARTS) is 1. The zero-order chi connectivity index (χ0) is 29.1. The van der Waals surface area contributed by atoms with Gasteiger partial charge in [0.15, 0.2) is 0 Å². The molecule has 0 bridgehead atoms. The van der Waals surface area contributed by atoms with Crippen molar-refractivity contribution in [1.82, 2.24) is 5.32 Å². The highest BCUT2D eigenvalue weighted by atomic mass is 19.1. The maximum absolute atomic E-state index is 15.0. The second kappa shape index (κ2) is 11.8. The summed E-state index contributed by atoms with van der Waals surface area (Å²) in [6, 6.07) is 16.0. The number of aliphatic carboxylic acids is 1. The molecule has 8 nitrogen and oxygen atoms in total. The van der Waals surface area contributed by atoms with Gasteiger partial charge in [0.1, 0.15) is 5.82 Å². The van der Waals surface area contributed by atoms with Crippen molar-refractivity contribution < 1.29 is 24.0 Å². The molecular weight excluding hydrogens is 525 g/mol. The number of nitrogens with one attached hydrogen (secondary N) is 1. The first-order valence-corrected chi connectivity index (χ1v) is 13.6. The standard InChI is InChI=1S/C32H30FN3O5/c1-20(21-8-12-26(13-9-21)36(40)41)34-31(37)24-11-15-30-23(18-24)5-4-16-35(30)19-25-17-22(10-14-29(25)33)27-6-2-3-7-28(27)32(38)39/h3,7-15,17-18,20H,2,4-6,16,19H2,1H3,(H,34,37)(H,38,39)/t20-/m0/s1. The molecule has 0 spiro atoms. The predicted molar refractivity (Wildman–Crippen MR) is 154 cm³/mol. The van der Waals surface area contributed by atoms with E-state index < -0.39 is 10.9 Å². The van der Waals surface area contributed by atoms with Crippen molar-refractivity contribution in [2.75, 3.05) is 11.4 Å². The molecule has 2 N–H and O–H groups in total. The van der Waals surface area contributed by atoms with E-state index in [2.05, 4.69) is 10.2 Å². The van der Waals surface area contributed by atoms with E-state index in [1.54, 1.807) is 36.4 Å². The van der Waals surface area contributed by atoms with Gasteiger partial charge < -0.3 is 15.3 Å². The number of nitro groups is 1. The quantitative estimate of drug-likeness (QED) is 0.247. The van der Waals surface area contributed by atoms with Crippen LogP contribution in [0.25, 0.3) is 5.57 Å². The molecule has 1 atom stereocenters. The van der Waals surface area contributed by atoms with Crippen molar-refractivity contribution in [3.63, 3.8) is 0 Å². The number of benzene rings is 3. The number of carbonyl (C=O) groups is 2. The lowest BCUT2D eigenvalue weighted by Gasteiger charge is -2.32. The first-order chi connectivity index (χ1) is 19.7. The Morgan fingerprint density at radius 3 is 2.61 bits per heavy atom. The Morgan fingerprint density at radius 1 is 1.10 bits per heavy atom. The molecule has 0 unspecified atom stereocenters. The molecule has 3 aromatic rings. The zero-order valence-corrected chi connectivity index (χ0v) is 22.6. The Balaban J connectivity index is 1.33. The van der Waals surface area contributed by atoms with Crippen molar-refractivity contribution >= 4 is 28.8 Å². The van der Waals surface area contributed by atoms with E-state index in [4.69, 9.17) is 0 Å². The zero-order valence-electron chi connectivity index (χ0n) is 22.6. The lowest BCUT2D eigenvalue weighted by Crippen LogP contribution is -2.30. The van der Waals surface area contributed by atoms with Crippen molar-refractivity contribution in [1.29, 1.82) is 0 Å². The second-order valence-corrected chi connectivity index (χ2v) is 10.4. The molecular formula is C32H30FN3O5. The number of nitro benzene ring substituents is 1. The number of amides is 1. The first-order valence-electron chi connectivity index (χ1n) is 13.6. The van der Waals surface area contributed by atoms with Crippen LogP contribution in [0.2, 0.25) is 0 Å². The number of allylic oxidation sites excluding steroid dienone is 2. The fourth-order valence-corrected chi connectivity index (χ4v) is 5.48. The molecule has 0 saturated heterocycles. The van der Waals surface area contributed by atoms with E-state index in [-0.39, 0.29) is 29.0 Å². The summed E-state index contributed by atoms with van der Waals surface area (Å²) in [4.78, 5) is 37.3. The minimum Gasteiger partial charge on any atom is -0.478 e. The van der Waals surface area contributed by atoms with Gasteiger partial charge in [0, 0.05) is 42.0 Å². The number of hydrogen-bond donors (Lipinski definition) is 2. The van der Waals surface area contributed by atoms with Crippen LogP contribution in [0.1, 0.15) is 64.8 Å². The summed E-state index contributed by atoms with van der Waals surface area (Å²) in [5.41, 5.74) is 5.34. The molecule has 1 aliphatic heterocycles. The summed E-state index contributed by atoms with van der Waals surface area (Å²) >= 11 is 0. The predicted octanol–water partition coefficient (Wildman–Crippen LogP) is 6.37. The van der Waals surface area contributed by atoms with E-state index in [0.717, 1.165) is 48.2 Å². The average molecular weight is 556 g/mol. The van der Waals surface area contributed by atoms with Crippen LogP contribution in [0.3, 0.4) is 0 Å². The Labute approximate surface area is 237 Å². The van der Waals surface area contributed by atoms with Gasteiger partial charge in [-0.2, -0.15) is 0 Å². The molecule has 3 aromatic carbocycles. The number of fused-ring (bicyclic) bond motifs is 1. The second-order valence-electron chi connectivity index (χ2n) is 10.4. The molecule has 1 heterocycles. The van der Waals surface area contributed by atoms with Crippen molar-refractivity contribution in [2.24, 2.45) is 0 Å². The van der Waals surface area contributed by atoms with Gasteiger partial charge in [0.2, 0.25) is 0 Å². The number of halogens is 1. The van der Waals surface area contributed by atoms with Crippen LogP contribution in [0.5, 0.6) is 0 Å². The maximum Gasteiger partial charge on any atom is 0.335 e. The first kappa shape index (κ1) is 27.8. The molecule has 0 radical (unpaired) electrons. The Kier molecular flexibility index (Phi) is 7.96. The molecule has 9 heteroatoms. The summed E-state index contributed by atoms with van der Waals surface area (Å²) in [6.45, 7) is 2.87. The van der Waals surface area contributed by atoms with Crippen molar-refractivity contribution in [3.8, 4) is 0 Å². The lowest BCUT2D eigenvalue weighted by molar-refractivity contribution is -0.384. The molecule has 5 rings (SSSR count). The minimum absolute atomic E-state index is 0.00800. The van der Waals surface area contributed by atoms with Crippen LogP contribution in [-0.4, -0.2) is 28.5 Å². The average Bonchev–Trinajstić information content (AvgIpc) is 2.98. The van der Waals surface area contributed by atoms with Gasteiger partial charge in [-0.25, -0.2) is 9.18 Å². The Bertz CT molecular complexity index is 1580. The number of nitrogens with zero attached hydrogens (tertiary/aromatic N) is 2. The normalized spacial score (nSPS) is 15.3. The summed E-state index contributed by atoms with van der Waals surface area (Å²) in [6.07, 6.45) is 6.41. The molecule has 2 aliphatic rings. The summed E-state index contributed by atoms with van der Waals surface area (Å²) in [7, 11) is 0. The lowest BCUT2D eigenvalue weighted by atomic mass is 9.90. The number of rotatable bonds is 8. The Morgan fingerprint density at radius 2 is 1.88 bits per heavy atom. The minimum atomic E-state index is -0.992. The molecule has 0 aromatic heterocycles. The highest BCUT2D eigenvalue weighted by Gasteiger charge is 2.22. The number of hydrogen-bond acceptors (Lipinski definition) is 5. The topological polar surface area (TPSA) is 113 Å². The SMILES string of the molecule is C[C@H](NC(=O)c1ccc2c(c1)CCCN2Cc1cc(C2=C(C(=O)O)C=CCC2)ccc1F)c1ccc([N+](=O)[O-])cc1. The van der Waals surface area contributed by atoms with Crippen LogP contribution in [0.15, 0.2) is 78.4 Å². The summed E-state index contributed by atoms with van der Waals surface area (Å²) in [5.74, 6) is -1.59. The van der Waals surface area contributed by atoms with Crippen molar-refractivity contribution in [3.05, 3.63) is 122 Å². The highest BCUT2D eigenvalue weighted by Crippen LogP contribution is 2.33. The van der Waals surface area contributed by atoms with E-state index in [1.807, 2.05) is 25.1 Å². The van der Waals surface area contributed by atoms with Crippen molar-refractivity contribution in [2.45, 2.75) is 45.2 Å². The maximum atomic E-state index is 15.0. The van der Waals surface area contributed by atoms with Crippen LogP contribution < -0.4 is 10.2 Å². The van der Waals surface area contributed by atoms with Gasteiger partial charge in [-0.05, 0) is 85.2 Å². The molecule has 1 amide bonds. The van der Waals surface area contributed by atoms with E-state index in [0.29, 0.717) is 29.7 Å². The number of carbonyl (C=O) groups excluding carboxylic acids is 1. The number of aryl methyl sites for hydroxylation is 1. The monoisotopic (exact) mass is 555 g/mol. The summed E-state index contributed by atoms with van der Waals surface area (Å²) < 4.78 is 15.0. The van der Waals surface area contributed by atoms with Gasteiger partial charge in [-0.1, -0.05) is 30.4 Å². The number of anilines is 1. The molecule has 1 aliphatic carbocycles. The third-order valence-corrected chi connectivity index (χ3v) is 7.66. The van der Waals surface area contributed by atoms with Crippen LogP contribution in [0, 0.1) is 15.9 Å². The summed E-state index contributed by atoms with van der Waals surface area (Å²) in [5, 5.41) is 23.5. The highest BCUT2D eigenvalue weighted by molar-refractivity contribution is 6.00. The van der Waals surface area contributed by atoms with E-state index in [1.165, 1.54) is 18.2 Å². The molecule has 41 heavy (non-hydrogen) atoms. The van der Waals surface area contributed by atoms with Crippen LogP contribution in [-0.2, 0) is 17.8 Å². The molecule has 0 fully saturated rings. The smallest absolute Gasteiger partial charge is 0.335 e. The molecule has 210 valence electrons. The number of carboxylic acids is 1. The van der Waals surface area contributed by atoms with E-state index in [9.17, 15) is 29.2 Å². The largest absolute Gasteiger partial charge is 0.478 e. The fraction of sp³-hybridized carbons (Fsp3) is 0.250. The number of non-ortho nitro benzene ring substituents is 1. The fourth-order valence-electron chi connectivity index (χ4n) is 5.48. The van der Waals surface area contributed by atoms with Gasteiger partial charge in [-0.15, -0.1) is 0 Å². The van der Waals surface area contributed by atoms with Gasteiger partial charge in [0.05, 0.1) is 16.5 Å². The van der Waals surface area contributed by atoms with Gasteiger partial charge in [0.25, 0.3) is 11.6 Å². The third kappa shape index (κ3) is 6.04. The van der Waals surface area contributed by atoms with Crippen LogP contribution >= 0.6 is 0 Å². The van der Waals surface area contributed by atoms with E-state index >= 15 is 0 Å².